The van der Waals surface area contributed by atoms with Gasteiger partial charge in [-0.1, -0.05) is 29.8 Å². The van der Waals surface area contributed by atoms with E-state index in [-0.39, 0.29) is 35.5 Å². The number of amides is 2. The van der Waals surface area contributed by atoms with Crippen molar-refractivity contribution in [3.05, 3.63) is 58.8 Å². The highest BCUT2D eigenvalue weighted by Gasteiger charge is 2.67. The van der Waals surface area contributed by atoms with E-state index in [2.05, 4.69) is 17.3 Å². The Morgan fingerprint density at radius 1 is 1.07 bits per heavy atom. The number of aryl methyl sites for hydroxylation is 1. The van der Waals surface area contributed by atoms with Crippen molar-refractivity contribution in [3.63, 3.8) is 0 Å². The first kappa shape index (κ1) is 17.2. The topological polar surface area (TPSA) is 62.9 Å². The van der Waals surface area contributed by atoms with Crippen molar-refractivity contribution in [1.29, 1.82) is 0 Å². The third-order valence-corrected chi connectivity index (χ3v) is 7.27. The Hall–Kier alpha value is -2.66. The molecule has 5 aliphatic rings. The second-order valence-electron chi connectivity index (χ2n) is 8.55. The van der Waals surface area contributed by atoms with Crippen LogP contribution < -0.4 is 0 Å². The lowest BCUT2D eigenvalue weighted by Crippen LogP contribution is -2.40. The zero-order valence-corrected chi connectivity index (χ0v) is 16.5. The third-order valence-electron chi connectivity index (χ3n) is 7.03. The third kappa shape index (κ3) is 2.43. The van der Waals surface area contributed by atoms with Crippen LogP contribution in [0.4, 0.5) is 0 Å². The number of carbonyl (C=O) groups is 2. The minimum atomic E-state index is -0.236. The van der Waals surface area contributed by atoms with E-state index in [1.807, 2.05) is 31.2 Å². The van der Waals surface area contributed by atoms with Gasteiger partial charge in [0.1, 0.15) is 11.5 Å². The largest absolute Gasteiger partial charge is 0.455 e. The second-order valence-corrected chi connectivity index (χ2v) is 8.99. The van der Waals surface area contributed by atoms with Crippen molar-refractivity contribution in [3.8, 4) is 11.3 Å². The molecule has 0 unspecified atom stereocenters. The van der Waals surface area contributed by atoms with E-state index in [9.17, 15) is 9.59 Å². The molecule has 1 aromatic carbocycles. The van der Waals surface area contributed by atoms with Crippen LogP contribution in [0.15, 0.2) is 52.0 Å². The van der Waals surface area contributed by atoms with Gasteiger partial charge >= 0.3 is 0 Å². The number of furan rings is 1. The molecule has 1 saturated heterocycles. The summed E-state index contributed by atoms with van der Waals surface area (Å²) >= 11 is 6.10. The number of halogens is 1. The smallest absolute Gasteiger partial charge is 0.254 e. The quantitative estimate of drug-likeness (QED) is 0.434. The molecule has 5 nitrogen and oxygen atoms in total. The number of allylic oxidation sites excluding steroid dienone is 2. The summed E-state index contributed by atoms with van der Waals surface area (Å²) in [6, 6.07) is 9.23. The lowest BCUT2D eigenvalue weighted by molar-refractivity contribution is -0.140. The van der Waals surface area contributed by atoms with Crippen molar-refractivity contribution >= 4 is 29.6 Å². The molecule has 29 heavy (non-hydrogen) atoms. The van der Waals surface area contributed by atoms with E-state index >= 15 is 0 Å². The van der Waals surface area contributed by atoms with Crippen LogP contribution in [0.1, 0.15) is 17.7 Å². The Labute approximate surface area is 173 Å². The zero-order valence-electron chi connectivity index (χ0n) is 15.8. The summed E-state index contributed by atoms with van der Waals surface area (Å²) < 4.78 is 5.86. The van der Waals surface area contributed by atoms with Crippen LogP contribution in [0.3, 0.4) is 0 Å². The molecule has 3 fully saturated rings. The fourth-order valence-corrected chi connectivity index (χ4v) is 5.77. The van der Waals surface area contributed by atoms with E-state index in [1.165, 1.54) is 6.21 Å². The van der Waals surface area contributed by atoms with Crippen LogP contribution >= 0.6 is 11.6 Å². The fraction of sp³-hybridized carbons (Fsp3) is 0.348. The maximum absolute atomic E-state index is 12.9. The molecule has 4 aliphatic carbocycles. The first-order valence-corrected chi connectivity index (χ1v) is 10.4. The molecule has 6 atom stereocenters. The van der Waals surface area contributed by atoms with Crippen molar-refractivity contribution in [2.24, 2.45) is 40.6 Å². The minimum Gasteiger partial charge on any atom is -0.455 e. The van der Waals surface area contributed by atoms with Gasteiger partial charge in [-0.2, -0.15) is 10.1 Å². The molecular weight excluding hydrogens is 388 g/mol. The van der Waals surface area contributed by atoms with Gasteiger partial charge in [0, 0.05) is 10.6 Å². The monoisotopic (exact) mass is 406 g/mol. The van der Waals surface area contributed by atoms with Crippen LogP contribution in [0, 0.1) is 42.4 Å². The predicted octanol–water partition coefficient (Wildman–Crippen LogP) is 4.30. The molecular formula is C23H19ClN2O3. The molecule has 146 valence electrons. The highest BCUT2D eigenvalue weighted by molar-refractivity contribution is 6.30. The molecule has 7 rings (SSSR count). The average Bonchev–Trinajstić information content (AvgIpc) is 3.36. The van der Waals surface area contributed by atoms with Gasteiger partial charge in [0.2, 0.25) is 0 Å². The number of hydrogen-bond donors (Lipinski definition) is 0. The number of nitrogens with zero attached hydrogens (tertiary/aromatic N) is 2. The first-order chi connectivity index (χ1) is 14.0. The van der Waals surface area contributed by atoms with E-state index in [0.29, 0.717) is 28.4 Å². The molecule has 2 bridgehead atoms. The van der Waals surface area contributed by atoms with Gasteiger partial charge in [-0.25, -0.2) is 0 Å². The highest BCUT2D eigenvalue weighted by Crippen LogP contribution is 2.65. The molecule has 2 amide bonds. The van der Waals surface area contributed by atoms with Gasteiger partial charge in [-0.15, -0.1) is 0 Å². The van der Waals surface area contributed by atoms with Crippen LogP contribution in [0.5, 0.6) is 0 Å². The van der Waals surface area contributed by atoms with Crippen molar-refractivity contribution in [2.75, 3.05) is 0 Å². The Kier molecular flexibility index (Phi) is 3.52. The van der Waals surface area contributed by atoms with Gasteiger partial charge in [0.15, 0.2) is 0 Å². The van der Waals surface area contributed by atoms with Crippen LogP contribution in [0.25, 0.3) is 11.3 Å². The van der Waals surface area contributed by atoms with Gasteiger partial charge in [-0.3, -0.25) is 9.59 Å². The first-order valence-electron chi connectivity index (χ1n) is 9.99. The standard InChI is InChI=1S/C23H19ClN2O3/c1-11-2-3-12(24)8-16(11)19-7-4-13(29-19)10-25-26-22(27)20-14-5-6-15(18-9-17(14)18)21(20)23(26)28/h2-8,10,14-15,17-18,20-21H,9H2,1H3/t14-,15-,17-,18-,20-,21+/m0/s1. The van der Waals surface area contributed by atoms with Gasteiger partial charge in [-0.05, 0) is 66.8 Å². The molecule has 2 heterocycles. The molecule has 1 aliphatic heterocycles. The summed E-state index contributed by atoms with van der Waals surface area (Å²) in [5.41, 5.74) is 1.95. The molecule has 2 saturated carbocycles. The summed E-state index contributed by atoms with van der Waals surface area (Å²) in [5.74, 6) is 1.91. The molecule has 6 heteroatoms. The Morgan fingerprint density at radius 2 is 1.76 bits per heavy atom. The molecule has 0 spiro atoms. The summed E-state index contributed by atoms with van der Waals surface area (Å²) in [6.07, 6.45) is 6.92. The minimum absolute atomic E-state index is 0.168. The maximum atomic E-state index is 12.9. The van der Waals surface area contributed by atoms with Crippen LogP contribution in [0.2, 0.25) is 5.02 Å². The fourth-order valence-electron chi connectivity index (χ4n) is 5.60. The predicted molar refractivity (Wildman–Crippen MR) is 108 cm³/mol. The Morgan fingerprint density at radius 3 is 2.45 bits per heavy atom. The molecule has 0 radical (unpaired) electrons. The molecule has 1 aromatic heterocycles. The van der Waals surface area contributed by atoms with Crippen molar-refractivity contribution in [1.82, 2.24) is 5.01 Å². The molecule has 2 aromatic rings. The maximum Gasteiger partial charge on any atom is 0.254 e. The van der Waals surface area contributed by atoms with Crippen LogP contribution in [-0.2, 0) is 9.59 Å². The number of benzene rings is 1. The zero-order chi connectivity index (χ0) is 19.9. The van der Waals surface area contributed by atoms with E-state index in [0.717, 1.165) is 22.6 Å². The second kappa shape index (κ2) is 5.92. The van der Waals surface area contributed by atoms with E-state index in [1.54, 1.807) is 6.07 Å². The SMILES string of the molecule is Cc1ccc(Cl)cc1-c1ccc(C=NN2C(=O)[C@@H]3[C@H]4C=C[C@@H]([C@@H]5C[C@@H]45)[C@@H]3C2=O)o1. The number of hydrazone groups is 1. The van der Waals surface area contributed by atoms with Gasteiger partial charge in [0.25, 0.3) is 11.8 Å². The normalized spacial score (nSPS) is 34.2. The number of imide groups is 1. The average molecular weight is 407 g/mol. The molecule has 0 N–H and O–H groups in total. The van der Waals surface area contributed by atoms with E-state index in [4.69, 9.17) is 16.0 Å². The van der Waals surface area contributed by atoms with Crippen LogP contribution in [-0.4, -0.2) is 23.0 Å². The summed E-state index contributed by atoms with van der Waals surface area (Å²) in [4.78, 5) is 25.9. The summed E-state index contributed by atoms with van der Waals surface area (Å²) in [5, 5.41) is 5.93. The Bertz CT molecular complexity index is 1080. The van der Waals surface area contributed by atoms with Gasteiger partial charge in [0.05, 0.1) is 18.1 Å². The van der Waals surface area contributed by atoms with Crippen molar-refractivity contribution < 1.29 is 14.0 Å². The summed E-state index contributed by atoms with van der Waals surface area (Å²) in [7, 11) is 0. The number of rotatable bonds is 3. The summed E-state index contributed by atoms with van der Waals surface area (Å²) in [6.45, 7) is 1.98. The Balaban J connectivity index is 1.26. The lowest BCUT2D eigenvalue weighted by atomic mass is 9.63. The number of hydrogen-bond acceptors (Lipinski definition) is 4. The highest BCUT2D eigenvalue weighted by atomic mass is 35.5. The van der Waals surface area contributed by atoms with Gasteiger partial charge < -0.3 is 4.42 Å². The number of carbonyl (C=O) groups excluding carboxylic acids is 2. The van der Waals surface area contributed by atoms with E-state index < -0.39 is 0 Å². The van der Waals surface area contributed by atoms with Crippen molar-refractivity contribution in [2.45, 2.75) is 13.3 Å². The lowest BCUT2D eigenvalue weighted by Gasteiger charge is -2.37.